The van der Waals surface area contributed by atoms with Crippen LogP contribution in [0.3, 0.4) is 0 Å². The van der Waals surface area contributed by atoms with Gasteiger partial charge in [0.25, 0.3) is 0 Å². The maximum atomic E-state index is 13.0. The lowest BCUT2D eigenvalue weighted by Crippen LogP contribution is -2.45. The Labute approximate surface area is 167 Å². The molecule has 1 aromatic rings. The van der Waals surface area contributed by atoms with E-state index < -0.39 is 0 Å². The second-order valence-corrected chi connectivity index (χ2v) is 7.43. The van der Waals surface area contributed by atoms with Crippen molar-refractivity contribution in [2.45, 2.75) is 26.2 Å². The van der Waals surface area contributed by atoms with Crippen molar-refractivity contribution < 1.29 is 14.3 Å². The summed E-state index contributed by atoms with van der Waals surface area (Å²) in [5, 5.41) is 3.21. The van der Waals surface area contributed by atoms with Crippen molar-refractivity contribution in [3.05, 3.63) is 23.8 Å². The van der Waals surface area contributed by atoms with E-state index in [0.29, 0.717) is 18.2 Å². The number of methoxy groups -OCH3 is 1. The highest BCUT2D eigenvalue weighted by atomic mass is 35.5. The van der Waals surface area contributed by atoms with Crippen molar-refractivity contribution in [2.75, 3.05) is 45.2 Å². The average Bonchev–Trinajstić information content (AvgIpc) is 3.03. The first kappa shape index (κ1) is 21.5. The highest BCUT2D eigenvalue weighted by molar-refractivity contribution is 6.01. The molecule has 2 saturated heterocycles. The van der Waals surface area contributed by atoms with Crippen molar-refractivity contribution in [1.82, 2.24) is 10.2 Å². The van der Waals surface area contributed by atoms with Crippen molar-refractivity contribution in [3.8, 4) is 5.75 Å². The Bertz CT molecular complexity index is 680. The fourth-order valence-electron chi connectivity index (χ4n) is 4.10. The highest BCUT2D eigenvalue weighted by Crippen LogP contribution is 2.34. The van der Waals surface area contributed by atoms with Gasteiger partial charge in [-0.25, -0.2) is 0 Å². The van der Waals surface area contributed by atoms with Gasteiger partial charge in [-0.05, 0) is 57.0 Å². The number of nitrogens with zero attached hydrogens (tertiary/aromatic N) is 2. The van der Waals surface area contributed by atoms with Gasteiger partial charge in [0.05, 0.1) is 18.7 Å². The molecule has 27 heavy (non-hydrogen) atoms. The number of piperidine rings is 1. The van der Waals surface area contributed by atoms with Crippen LogP contribution in [0.2, 0.25) is 0 Å². The summed E-state index contributed by atoms with van der Waals surface area (Å²) in [4.78, 5) is 29.3. The predicted molar refractivity (Wildman–Crippen MR) is 109 cm³/mol. The van der Waals surface area contributed by atoms with Crippen LogP contribution >= 0.6 is 12.4 Å². The van der Waals surface area contributed by atoms with E-state index in [1.54, 1.807) is 12.0 Å². The zero-order valence-electron chi connectivity index (χ0n) is 16.4. The average molecular weight is 396 g/mol. The Hall–Kier alpha value is -1.79. The van der Waals surface area contributed by atoms with E-state index in [1.807, 2.05) is 37.1 Å². The number of aryl methyl sites for hydroxylation is 1. The van der Waals surface area contributed by atoms with E-state index in [4.69, 9.17) is 4.74 Å². The van der Waals surface area contributed by atoms with Crippen molar-refractivity contribution >= 4 is 29.9 Å². The second-order valence-electron chi connectivity index (χ2n) is 7.43. The standard InChI is InChI=1S/C20H29N3O3.ClH/c1-14-6-7-18(26-3)17(9-14)23-13-16(10-19(23)24)20(25)22-8-4-5-15(12-22)11-21-2;/h6-7,9,15-16,21H,4-5,8,10-13H2,1-3H3;1H. The number of benzene rings is 1. The van der Waals surface area contributed by atoms with Crippen LogP contribution in [-0.4, -0.2) is 57.1 Å². The second kappa shape index (κ2) is 9.42. The molecule has 7 heteroatoms. The highest BCUT2D eigenvalue weighted by Gasteiger charge is 2.39. The molecule has 0 spiro atoms. The van der Waals surface area contributed by atoms with E-state index in [9.17, 15) is 9.59 Å². The zero-order chi connectivity index (χ0) is 18.7. The molecule has 2 aliphatic heterocycles. The number of hydrogen-bond donors (Lipinski definition) is 1. The SMILES string of the molecule is CNCC1CCCN(C(=O)C2CC(=O)N(c3cc(C)ccc3OC)C2)C1.Cl. The minimum Gasteiger partial charge on any atom is -0.495 e. The molecule has 2 aliphatic rings. The first-order valence-corrected chi connectivity index (χ1v) is 9.42. The Morgan fingerprint density at radius 2 is 2.11 bits per heavy atom. The number of ether oxygens (including phenoxy) is 1. The lowest BCUT2D eigenvalue weighted by Gasteiger charge is -2.34. The molecule has 2 heterocycles. The number of carbonyl (C=O) groups is 2. The maximum Gasteiger partial charge on any atom is 0.228 e. The third-order valence-corrected chi connectivity index (χ3v) is 5.42. The Morgan fingerprint density at radius 3 is 2.81 bits per heavy atom. The fourth-order valence-corrected chi connectivity index (χ4v) is 4.10. The van der Waals surface area contributed by atoms with Crippen molar-refractivity contribution in [2.24, 2.45) is 11.8 Å². The first-order chi connectivity index (χ1) is 12.5. The van der Waals surface area contributed by atoms with Crippen LogP contribution < -0.4 is 15.0 Å². The molecule has 3 rings (SSSR count). The number of halogens is 1. The van der Waals surface area contributed by atoms with Crippen molar-refractivity contribution in [1.29, 1.82) is 0 Å². The first-order valence-electron chi connectivity index (χ1n) is 9.42. The summed E-state index contributed by atoms with van der Waals surface area (Å²) in [6, 6.07) is 5.79. The molecular formula is C20H30ClN3O3. The van der Waals surface area contributed by atoms with Crippen LogP contribution in [0.5, 0.6) is 5.75 Å². The normalized spacial score (nSPS) is 22.6. The van der Waals surface area contributed by atoms with Gasteiger partial charge in [0.1, 0.15) is 5.75 Å². The molecule has 0 radical (unpaired) electrons. The molecule has 1 N–H and O–H groups in total. The maximum absolute atomic E-state index is 13.0. The van der Waals surface area contributed by atoms with Crippen LogP contribution in [0.25, 0.3) is 0 Å². The number of carbonyl (C=O) groups excluding carboxylic acids is 2. The summed E-state index contributed by atoms with van der Waals surface area (Å²) in [5.74, 6) is 1.03. The molecule has 2 unspecified atom stereocenters. The van der Waals surface area contributed by atoms with Gasteiger partial charge >= 0.3 is 0 Å². The number of hydrogen-bond acceptors (Lipinski definition) is 4. The van der Waals surface area contributed by atoms with E-state index in [1.165, 1.54) is 0 Å². The monoisotopic (exact) mass is 395 g/mol. The summed E-state index contributed by atoms with van der Waals surface area (Å²) < 4.78 is 5.42. The van der Waals surface area contributed by atoms with Gasteiger partial charge in [-0.2, -0.15) is 0 Å². The molecule has 2 fully saturated rings. The van der Waals surface area contributed by atoms with E-state index in [2.05, 4.69) is 5.32 Å². The van der Waals surface area contributed by atoms with Crippen LogP contribution in [-0.2, 0) is 9.59 Å². The number of anilines is 1. The topological polar surface area (TPSA) is 61.9 Å². The molecule has 0 bridgehead atoms. The summed E-state index contributed by atoms with van der Waals surface area (Å²) in [6.07, 6.45) is 2.47. The zero-order valence-corrected chi connectivity index (χ0v) is 17.2. The van der Waals surface area contributed by atoms with Gasteiger partial charge in [0.2, 0.25) is 11.8 Å². The number of nitrogens with one attached hydrogen (secondary N) is 1. The number of amides is 2. The number of likely N-dealkylation sites (tertiary alicyclic amines) is 1. The Kier molecular flexibility index (Phi) is 7.50. The van der Waals surface area contributed by atoms with Gasteiger partial charge in [-0.3, -0.25) is 9.59 Å². The molecule has 2 atom stereocenters. The van der Waals surface area contributed by atoms with Gasteiger partial charge < -0.3 is 19.9 Å². The lowest BCUT2D eigenvalue weighted by molar-refractivity contribution is -0.137. The van der Waals surface area contributed by atoms with Crippen LogP contribution in [0.15, 0.2) is 18.2 Å². The van der Waals surface area contributed by atoms with Gasteiger partial charge in [-0.1, -0.05) is 6.07 Å². The molecule has 6 nitrogen and oxygen atoms in total. The van der Waals surface area contributed by atoms with Crippen LogP contribution in [0.4, 0.5) is 5.69 Å². The van der Waals surface area contributed by atoms with Gasteiger partial charge in [0, 0.05) is 26.1 Å². The fraction of sp³-hybridized carbons (Fsp3) is 0.600. The lowest BCUT2D eigenvalue weighted by atomic mass is 9.96. The van der Waals surface area contributed by atoms with E-state index in [0.717, 1.165) is 43.7 Å². The van der Waals surface area contributed by atoms with Crippen molar-refractivity contribution in [3.63, 3.8) is 0 Å². The quantitative estimate of drug-likeness (QED) is 0.830. The molecule has 2 amide bonds. The van der Waals surface area contributed by atoms with Crippen LogP contribution in [0, 0.1) is 18.8 Å². The van der Waals surface area contributed by atoms with Crippen LogP contribution in [0.1, 0.15) is 24.8 Å². The minimum atomic E-state index is -0.263. The largest absolute Gasteiger partial charge is 0.495 e. The molecular weight excluding hydrogens is 366 g/mol. The Morgan fingerprint density at radius 1 is 1.33 bits per heavy atom. The molecule has 1 aromatic carbocycles. The summed E-state index contributed by atoms with van der Waals surface area (Å²) in [7, 11) is 3.55. The number of rotatable bonds is 5. The van der Waals surface area contributed by atoms with E-state index >= 15 is 0 Å². The van der Waals surface area contributed by atoms with E-state index in [-0.39, 0.29) is 36.6 Å². The molecule has 0 aliphatic carbocycles. The summed E-state index contributed by atoms with van der Waals surface area (Å²) >= 11 is 0. The van der Waals surface area contributed by atoms with Gasteiger partial charge in [0.15, 0.2) is 0 Å². The minimum absolute atomic E-state index is 0. The molecule has 0 saturated carbocycles. The third-order valence-electron chi connectivity index (χ3n) is 5.42. The third kappa shape index (κ3) is 4.74. The Balaban J connectivity index is 0.00000261. The molecule has 0 aromatic heterocycles. The van der Waals surface area contributed by atoms with Gasteiger partial charge in [-0.15, -0.1) is 12.4 Å². The summed E-state index contributed by atoms with van der Waals surface area (Å²) in [6.45, 7) is 4.95. The smallest absolute Gasteiger partial charge is 0.228 e. The molecule has 150 valence electrons. The predicted octanol–water partition coefficient (Wildman–Crippen LogP) is 2.24. The summed E-state index contributed by atoms with van der Waals surface area (Å²) in [5.41, 5.74) is 1.83.